The monoisotopic (exact) mass is 427 g/mol. The van der Waals surface area contributed by atoms with E-state index in [-0.39, 0.29) is 24.0 Å². The van der Waals surface area contributed by atoms with Crippen LogP contribution < -0.4 is 34.3 Å². The minimum Gasteiger partial charge on any atom is -1.00 e. The molecule has 4 aromatic rings. The van der Waals surface area contributed by atoms with E-state index in [1.807, 2.05) is 30.5 Å². The number of hydrogen-bond donors (Lipinski definition) is 2. The Balaban J connectivity index is 0.00000169. The van der Waals surface area contributed by atoms with Crippen LogP contribution in [0.2, 0.25) is 0 Å². The van der Waals surface area contributed by atoms with Gasteiger partial charge in [-0.1, -0.05) is 30.3 Å². The van der Waals surface area contributed by atoms with Crippen LogP contribution in [-0.2, 0) is 7.05 Å². The SMILES string of the molecule is C[n+]1c(/C=C/c2c[nH]c3ccccc23)cc(N)c2ccccc21.[I-]. The average Bonchev–Trinajstić information content (AvgIpc) is 3.00. The van der Waals surface area contributed by atoms with Crippen LogP contribution in [0.3, 0.4) is 0 Å². The molecule has 3 nitrogen and oxygen atoms in total. The molecule has 4 rings (SSSR count). The van der Waals surface area contributed by atoms with E-state index in [0.29, 0.717) is 0 Å². The Bertz CT molecular complexity index is 1050. The first-order valence-electron chi connectivity index (χ1n) is 7.65. The van der Waals surface area contributed by atoms with Crippen molar-refractivity contribution in [1.82, 2.24) is 4.98 Å². The fourth-order valence-electron chi connectivity index (χ4n) is 3.05. The summed E-state index contributed by atoms with van der Waals surface area (Å²) in [6, 6.07) is 18.5. The summed E-state index contributed by atoms with van der Waals surface area (Å²) in [6.45, 7) is 0. The van der Waals surface area contributed by atoms with E-state index in [4.69, 9.17) is 5.73 Å². The van der Waals surface area contributed by atoms with E-state index < -0.39 is 0 Å². The normalized spacial score (nSPS) is 11.2. The number of rotatable bonds is 2. The molecule has 2 heterocycles. The largest absolute Gasteiger partial charge is 1.00 e. The summed E-state index contributed by atoms with van der Waals surface area (Å²) in [5, 5.41) is 2.31. The van der Waals surface area contributed by atoms with Crippen LogP contribution in [0.1, 0.15) is 11.3 Å². The lowest BCUT2D eigenvalue weighted by atomic mass is 10.1. The summed E-state index contributed by atoms with van der Waals surface area (Å²) in [6.07, 6.45) is 6.27. The second-order valence-corrected chi connectivity index (χ2v) is 5.72. The molecule has 0 saturated carbocycles. The van der Waals surface area contributed by atoms with Crippen molar-refractivity contribution < 1.29 is 28.5 Å². The highest BCUT2D eigenvalue weighted by atomic mass is 127. The number of aromatic amines is 1. The number of para-hydroxylation sites is 2. The van der Waals surface area contributed by atoms with Gasteiger partial charge in [0.2, 0.25) is 11.2 Å². The maximum Gasteiger partial charge on any atom is 0.214 e. The number of aromatic nitrogens is 2. The minimum atomic E-state index is 0. The molecule has 0 amide bonds. The standard InChI is InChI=1S/C20H17N3.HI/c1-23-15(12-18(21)17-7-3-5-9-20(17)23)11-10-14-13-22-19-8-4-2-6-16(14)19;/h2-13H,1H3,(H2,21,22);1H. The second kappa shape index (κ2) is 6.65. The Morgan fingerprint density at radius 3 is 2.50 bits per heavy atom. The molecule has 0 unspecified atom stereocenters. The zero-order chi connectivity index (χ0) is 15.8. The molecule has 0 atom stereocenters. The lowest BCUT2D eigenvalue weighted by Crippen LogP contribution is -3.00. The summed E-state index contributed by atoms with van der Waals surface area (Å²) < 4.78 is 2.16. The third-order valence-corrected chi connectivity index (χ3v) is 4.32. The van der Waals surface area contributed by atoms with Gasteiger partial charge in [0.1, 0.15) is 7.05 Å². The number of anilines is 1. The van der Waals surface area contributed by atoms with E-state index >= 15 is 0 Å². The number of aryl methyl sites for hydroxylation is 1. The fourth-order valence-corrected chi connectivity index (χ4v) is 3.05. The average molecular weight is 427 g/mol. The molecule has 0 aliphatic rings. The van der Waals surface area contributed by atoms with Gasteiger partial charge >= 0.3 is 0 Å². The first-order chi connectivity index (χ1) is 11.2. The minimum absolute atomic E-state index is 0. The van der Waals surface area contributed by atoms with Crippen molar-refractivity contribution >= 4 is 39.6 Å². The molecule has 0 aliphatic heterocycles. The van der Waals surface area contributed by atoms with Crippen LogP contribution >= 0.6 is 0 Å². The molecule has 2 aromatic carbocycles. The molecule has 3 N–H and O–H groups in total. The summed E-state index contributed by atoms with van der Waals surface area (Å²) in [5.74, 6) is 0. The highest BCUT2D eigenvalue weighted by Crippen LogP contribution is 2.22. The van der Waals surface area contributed by atoms with Gasteiger partial charge in [-0.05, 0) is 23.8 Å². The predicted octanol–water partition coefficient (Wildman–Crippen LogP) is 0.902. The number of hydrogen-bond acceptors (Lipinski definition) is 1. The molecule has 24 heavy (non-hydrogen) atoms. The van der Waals surface area contributed by atoms with Gasteiger partial charge in [0.05, 0.1) is 11.1 Å². The number of nitrogens with one attached hydrogen (secondary N) is 1. The summed E-state index contributed by atoms with van der Waals surface area (Å²) >= 11 is 0. The number of nitrogen functional groups attached to an aromatic ring is 1. The summed E-state index contributed by atoms with van der Waals surface area (Å²) in [7, 11) is 2.07. The Morgan fingerprint density at radius 2 is 1.67 bits per heavy atom. The van der Waals surface area contributed by atoms with E-state index in [0.717, 1.165) is 27.8 Å². The van der Waals surface area contributed by atoms with Crippen LogP contribution in [0.4, 0.5) is 5.69 Å². The second-order valence-electron chi connectivity index (χ2n) is 5.72. The van der Waals surface area contributed by atoms with Crippen molar-refractivity contribution in [1.29, 1.82) is 0 Å². The first-order valence-corrected chi connectivity index (χ1v) is 7.65. The van der Waals surface area contributed by atoms with Crippen LogP contribution in [0.15, 0.2) is 60.8 Å². The van der Waals surface area contributed by atoms with Gasteiger partial charge in [-0.25, -0.2) is 0 Å². The number of halogens is 1. The van der Waals surface area contributed by atoms with Crippen molar-refractivity contribution in [2.24, 2.45) is 7.05 Å². The van der Waals surface area contributed by atoms with Crippen LogP contribution in [0.25, 0.3) is 34.0 Å². The molecule has 0 aliphatic carbocycles. The maximum atomic E-state index is 6.21. The van der Waals surface area contributed by atoms with Crippen molar-refractivity contribution in [3.63, 3.8) is 0 Å². The van der Waals surface area contributed by atoms with Crippen molar-refractivity contribution in [3.05, 3.63) is 72.1 Å². The van der Waals surface area contributed by atoms with E-state index in [1.165, 1.54) is 10.9 Å². The van der Waals surface area contributed by atoms with E-state index in [9.17, 15) is 0 Å². The summed E-state index contributed by atoms with van der Waals surface area (Å²) in [4.78, 5) is 3.30. The first kappa shape index (κ1) is 16.5. The third-order valence-electron chi connectivity index (χ3n) is 4.32. The lowest BCUT2D eigenvalue weighted by Gasteiger charge is -2.03. The Morgan fingerprint density at radius 1 is 0.958 bits per heavy atom. The zero-order valence-corrected chi connectivity index (χ0v) is 15.5. The fraction of sp³-hybridized carbons (Fsp3) is 0.0500. The van der Waals surface area contributed by atoms with Crippen LogP contribution in [0.5, 0.6) is 0 Å². The molecule has 4 heteroatoms. The highest BCUT2D eigenvalue weighted by molar-refractivity contribution is 5.92. The Kier molecular flexibility index (Phi) is 4.57. The molecule has 0 bridgehead atoms. The molecule has 120 valence electrons. The Hall–Kier alpha value is -2.34. The molecule has 0 fully saturated rings. The number of fused-ring (bicyclic) bond motifs is 2. The van der Waals surface area contributed by atoms with E-state index in [1.54, 1.807) is 0 Å². The Labute approximate surface area is 157 Å². The summed E-state index contributed by atoms with van der Waals surface area (Å²) in [5.41, 5.74) is 11.5. The van der Waals surface area contributed by atoms with Crippen LogP contribution in [-0.4, -0.2) is 4.98 Å². The molecule has 0 saturated heterocycles. The molecule has 2 aromatic heterocycles. The topological polar surface area (TPSA) is 45.7 Å². The van der Waals surface area contributed by atoms with Gasteiger partial charge in [0.25, 0.3) is 0 Å². The zero-order valence-electron chi connectivity index (χ0n) is 13.3. The van der Waals surface area contributed by atoms with Gasteiger partial charge in [0, 0.05) is 35.3 Å². The van der Waals surface area contributed by atoms with Crippen molar-refractivity contribution in [2.45, 2.75) is 0 Å². The van der Waals surface area contributed by atoms with Gasteiger partial charge in [0.15, 0.2) is 0 Å². The van der Waals surface area contributed by atoms with E-state index in [2.05, 4.69) is 59.1 Å². The highest BCUT2D eigenvalue weighted by Gasteiger charge is 2.12. The van der Waals surface area contributed by atoms with Gasteiger partial charge in [-0.3, -0.25) is 0 Å². The molecule has 0 radical (unpaired) electrons. The predicted molar refractivity (Wildman–Crippen MR) is 96.8 cm³/mol. The maximum absolute atomic E-state index is 6.21. The lowest BCUT2D eigenvalue weighted by molar-refractivity contribution is -0.646. The number of benzene rings is 2. The van der Waals surface area contributed by atoms with Crippen molar-refractivity contribution in [3.8, 4) is 0 Å². The number of nitrogens with two attached hydrogens (primary N) is 1. The number of H-pyrrole nitrogens is 1. The quantitative estimate of drug-likeness (QED) is 0.363. The molecular weight excluding hydrogens is 409 g/mol. The van der Waals surface area contributed by atoms with Crippen molar-refractivity contribution in [2.75, 3.05) is 5.73 Å². The molecular formula is C20H18IN3. The molecule has 0 spiro atoms. The van der Waals surface area contributed by atoms with Gasteiger partial charge in [-0.15, -0.1) is 0 Å². The van der Waals surface area contributed by atoms with Crippen LogP contribution in [0, 0.1) is 0 Å². The van der Waals surface area contributed by atoms with Gasteiger partial charge < -0.3 is 34.7 Å². The third kappa shape index (κ3) is 2.78. The smallest absolute Gasteiger partial charge is 0.214 e. The van der Waals surface area contributed by atoms with Gasteiger partial charge in [-0.2, -0.15) is 4.57 Å². The number of pyridine rings is 1. The number of nitrogens with zero attached hydrogens (tertiary/aromatic N) is 1.